The van der Waals surface area contributed by atoms with Crippen molar-refractivity contribution in [1.82, 2.24) is 0 Å². The average Bonchev–Trinajstić information content (AvgIpc) is 0.800. The molecule has 0 radical (unpaired) electrons. The van der Waals surface area contributed by atoms with Crippen molar-refractivity contribution in [3.8, 4) is 45.3 Å². The van der Waals surface area contributed by atoms with Crippen molar-refractivity contribution in [3.05, 3.63) is 325 Å². The first-order valence-electron chi connectivity index (χ1n) is 30.0. The van der Waals surface area contributed by atoms with E-state index in [1.807, 2.05) is 66.8 Å². The lowest BCUT2D eigenvalue weighted by molar-refractivity contribution is 0.389. The summed E-state index contributed by atoms with van der Waals surface area (Å²) in [5.74, 6) is 1.28. The smallest absolute Gasteiger partial charge is 0.210 e. The van der Waals surface area contributed by atoms with Crippen LogP contribution >= 0.6 is 62.3 Å². The number of alkyl halides is 3. The second kappa shape index (κ2) is 34.2. The summed E-state index contributed by atoms with van der Waals surface area (Å²) in [7, 11) is -3.94. The number of allylic oxidation sites excluding steroid dienone is 4. The lowest BCUT2D eigenvalue weighted by atomic mass is 9.97. The van der Waals surface area contributed by atoms with Crippen molar-refractivity contribution in [3.63, 3.8) is 0 Å². The molecule has 9 heteroatoms. The molecule has 0 spiro atoms. The minimum Gasteiger partial charge on any atom is -0.507 e. The van der Waals surface area contributed by atoms with Gasteiger partial charge >= 0.3 is 0 Å². The molecule has 0 atom stereocenters. The predicted octanol–water partition coefficient (Wildman–Crippen LogP) is 20.0. The highest BCUT2D eigenvalue weighted by Crippen LogP contribution is 2.58. The molecule has 90 heavy (non-hydrogen) atoms. The average molecular weight is 1420 g/mol. The lowest BCUT2D eigenvalue weighted by Gasteiger charge is -2.28. The van der Waals surface area contributed by atoms with Crippen molar-refractivity contribution in [2.45, 2.75) is 67.2 Å². The molecule has 3 N–H and O–H groups in total. The zero-order valence-electron chi connectivity index (χ0n) is 52.7. The largest absolute Gasteiger partial charge is 0.507 e. The number of rotatable bonds is 20. The molecule has 0 aliphatic heterocycles. The summed E-state index contributed by atoms with van der Waals surface area (Å²) in [6, 6.07) is 76.8. The van der Waals surface area contributed by atoms with Gasteiger partial charge in [-0.25, -0.2) is 0 Å². The maximum absolute atomic E-state index is 11.0. The first kappa shape index (κ1) is 70.1. The number of hydrogen-bond donors (Lipinski definition) is 3. The number of phenolic OH excluding ortho intramolecular Hbond substituents is 3. The van der Waals surface area contributed by atoms with E-state index in [2.05, 4.69) is 273 Å². The third kappa shape index (κ3) is 17.8. The highest BCUT2D eigenvalue weighted by Gasteiger charge is 2.47. The Labute approximate surface area is 562 Å². The SMILES string of the molecule is BrCBr.C=CCc1ccc(O)c(-c2cc(CC=C)ccc2O)c1.C=CCc1ccc(O)c(-c2cc(CC=C)ccc2OC[P+](c2ccc(C)cc2)(c2ccc(C)cc2)c2ccc(C)cc2)c1.Cc1ccc([P+](CBr)(c2ccc(C)cc2)c2ccc(C)cc2)cc1. The summed E-state index contributed by atoms with van der Waals surface area (Å²) >= 11 is 10.0. The highest BCUT2D eigenvalue weighted by molar-refractivity contribution is 9.24. The number of aromatic hydroxyl groups is 3. The van der Waals surface area contributed by atoms with Crippen molar-refractivity contribution in [2.75, 3.05) is 15.7 Å². The van der Waals surface area contributed by atoms with E-state index in [1.54, 1.807) is 18.2 Å². The molecular formula is C81H83Br3O4P2+2. The van der Waals surface area contributed by atoms with Crippen LogP contribution in [0.1, 0.15) is 55.6 Å². The van der Waals surface area contributed by atoms with Gasteiger partial charge in [-0.1, -0.05) is 187 Å². The van der Waals surface area contributed by atoms with Gasteiger partial charge in [-0.05, 0) is 227 Å². The molecular weight excluding hydrogens is 1340 g/mol. The molecule has 0 unspecified atom stereocenters. The summed E-state index contributed by atoms with van der Waals surface area (Å²) in [5.41, 5.74) is 14.8. The molecule has 0 aromatic heterocycles. The van der Waals surface area contributed by atoms with Crippen LogP contribution in [0.4, 0.5) is 0 Å². The van der Waals surface area contributed by atoms with Crippen molar-refractivity contribution < 1.29 is 20.1 Å². The predicted molar refractivity (Wildman–Crippen MR) is 405 cm³/mol. The fraction of sp³-hybridized carbons (Fsp3) is 0.160. The third-order valence-corrected chi connectivity index (χ3v) is 26.0. The van der Waals surface area contributed by atoms with Gasteiger partial charge in [-0.2, -0.15) is 0 Å². The lowest BCUT2D eigenvalue weighted by Crippen LogP contribution is -2.35. The zero-order chi connectivity index (χ0) is 64.8. The second-order valence-corrected chi connectivity index (χ2v) is 33.4. The summed E-state index contributed by atoms with van der Waals surface area (Å²) in [4.78, 5) is 0. The van der Waals surface area contributed by atoms with Gasteiger partial charge in [0.05, 0.1) is 4.24 Å². The molecule has 4 nitrogen and oxygen atoms in total. The van der Waals surface area contributed by atoms with E-state index in [-0.39, 0.29) is 17.2 Å². The maximum atomic E-state index is 11.0. The van der Waals surface area contributed by atoms with Crippen LogP contribution in [0, 0.1) is 41.5 Å². The van der Waals surface area contributed by atoms with Crippen LogP contribution in [0.5, 0.6) is 23.0 Å². The monoisotopic (exact) mass is 1420 g/mol. The Kier molecular flexibility index (Phi) is 26.6. The molecule has 10 rings (SSSR count). The first-order chi connectivity index (χ1) is 43.5. The number of aryl methyl sites for hydroxylation is 6. The minimum absolute atomic E-state index is 0.156. The molecule has 0 heterocycles. The van der Waals surface area contributed by atoms with E-state index in [1.165, 1.54) is 65.2 Å². The second-order valence-electron chi connectivity index (χ2n) is 22.5. The van der Waals surface area contributed by atoms with Crippen molar-refractivity contribution in [2.24, 2.45) is 0 Å². The summed E-state index contributed by atoms with van der Waals surface area (Å²) in [6.45, 7) is 28.1. The standard InChI is InChI=1S/C40H39O2P.C22H23BrP.C18H18O2.CH2Br2/c1-6-8-32-16-24-39(41)37(26-32)38-27-33(9-7-2)17-25-40(38)42-28-43(34-18-10-29(3)11-19-34,35-20-12-30(4)13-21-35)36-22-14-31(5)15-23-36;1-17-4-10-20(11-5-17)24(16-23,21-12-6-18(2)7-13-21)22-14-8-19(3)9-15-22;1-3-5-13-7-9-17(19)15(11-13)16-12-14(6-4-2)8-10-18(16)20;2-1-3/h6-7,10-27H,1-2,8-9,28H2,3-5H3;4-15H,16H2,1-3H3;3-4,7-12,19-20H,1-2,5-6H2;1H2/q;+1;;/p+1. The number of phenols is 3. The van der Waals surface area contributed by atoms with Crippen molar-refractivity contribution in [1.29, 1.82) is 0 Å². The Bertz CT molecular complexity index is 3690. The summed E-state index contributed by atoms with van der Waals surface area (Å²) in [5, 5.41) is 40.2. The van der Waals surface area contributed by atoms with Gasteiger partial charge in [0.2, 0.25) is 6.35 Å². The van der Waals surface area contributed by atoms with Crippen LogP contribution in [-0.2, 0) is 25.7 Å². The molecule has 0 saturated heterocycles. The van der Waals surface area contributed by atoms with Gasteiger partial charge < -0.3 is 20.1 Å². The first-order valence-corrected chi connectivity index (χ1v) is 37.3. The summed E-state index contributed by atoms with van der Waals surface area (Å²) in [6.07, 6.45) is 10.8. The van der Waals surface area contributed by atoms with E-state index in [0.29, 0.717) is 17.5 Å². The van der Waals surface area contributed by atoms with Gasteiger partial charge in [0.15, 0.2) is 7.26 Å². The van der Waals surface area contributed by atoms with Gasteiger partial charge in [0, 0.05) is 22.3 Å². The van der Waals surface area contributed by atoms with E-state index in [9.17, 15) is 15.3 Å². The zero-order valence-corrected chi connectivity index (χ0v) is 59.2. The summed E-state index contributed by atoms with van der Waals surface area (Å²) < 4.78 is 7.87. The number of halogens is 3. The van der Waals surface area contributed by atoms with E-state index in [4.69, 9.17) is 4.74 Å². The Hall–Kier alpha value is -7.34. The van der Waals surface area contributed by atoms with Crippen LogP contribution in [-0.4, -0.2) is 31.0 Å². The Morgan fingerprint density at radius 1 is 0.322 bits per heavy atom. The molecule has 0 bridgehead atoms. The Morgan fingerprint density at radius 2 is 0.544 bits per heavy atom. The van der Waals surface area contributed by atoms with Gasteiger partial charge in [0.25, 0.3) is 0 Å². The van der Waals surface area contributed by atoms with Gasteiger partial charge in [-0.15, -0.1) is 26.3 Å². The topological polar surface area (TPSA) is 69.9 Å². The van der Waals surface area contributed by atoms with Crippen molar-refractivity contribution >= 4 is 94.1 Å². The fourth-order valence-corrected chi connectivity index (χ4v) is 20.3. The van der Waals surface area contributed by atoms with Crippen LogP contribution in [0.2, 0.25) is 0 Å². The number of benzene rings is 10. The molecule has 0 aliphatic rings. The van der Waals surface area contributed by atoms with E-state index >= 15 is 0 Å². The molecule has 460 valence electrons. The Morgan fingerprint density at radius 3 is 0.789 bits per heavy atom. The van der Waals surface area contributed by atoms with Crippen LogP contribution in [0.25, 0.3) is 22.3 Å². The molecule has 0 aliphatic carbocycles. The van der Waals surface area contributed by atoms with Crippen LogP contribution in [0.3, 0.4) is 0 Å². The maximum Gasteiger partial charge on any atom is 0.210 e. The molecule has 10 aromatic rings. The van der Waals surface area contributed by atoms with Crippen LogP contribution < -0.4 is 36.6 Å². The molecule has 0 saturated carbocycles. The van der Waals surface area contributed by atoms with Gasteiger partial charge in [0.1, 0.15) is 67.2 Å². The molecule has 0 fully saturated rings. The highest BCUT2D eigenvalue weighted by atomic mass is 79.9. The number of ether oxygens (including phenoxy) is 1. The minimum atomic E-state index is -2.26. The van der Waals surface area contributed by atoms with Gasteiger partial charge in [-0.3, -0.25) is 0 Å². The fourth-order valence-electron chi connectivity index (χ4n) is 10.8. The molecule has 0 amide bonds. The molecule has 10 aromatic carbocycles. The van der Waals surface area contributed by atoms with E-state index in [0.717, 1.165) is 74.1 Å². The van der Waals surface area contributed by atoms with E-state index < -0.39 is 14.5 Å². The Balaban J connectivity index is 0.000000206. The van der Waals surface area contributed by atoms with Crippen LogP contribution in [0.15, 0.2) is 269 Å². The normalized spacial score (nSPS) is 10.9. The third-order valence-electron chi connectivity index (χ3n) is 15.8. The number of hydrogen-bond acceptors (Lipinski definition) is 4. The quantitative estimate of drug-likeness (QED) is 0.0404.